The average Bonchev–Trinajstić information content (AvgIpc) is 2.57. The zero-order valence-electron chi connectivity index (χ0n) is 16.9. The Kier molecular flexibility index (Phi) is 19.3. The van der Waals surface area contributed by atoms with E-state index in [4.69, 9.17) is 0 Å². The first kappa shape index (κ1) is 28.5. The molecule has 1 aromatic rings. The van der Waals surface area contributed by atoms with Gasteiger partial charge < -0.3 is 21.8 Å². The summed E-state index contributed by atoms with van der Waals surface area (Å²) in [6.07, 6.45) is 0. The van der Waals surface area contributed by atoms with E-state index in [-0.39, 0.29) is 24.8 Å². The highest BCUT2D eigenvalue weighted by Gasteiger charge is 2.20. The smallest absolute Gasteiger partial charge is 0.104 e. The predicted molar refractivity (Wildman–Crippen MR) is 107 cm³/mol. The normalized spacial score (nSPS) is 10.3. The summed E-state index contributed by atoms with van der Waals surface area (Å²) >= 11 is 0. The van der Waals surface area contributed by atoms with Gasteiger partial charge in [-0.1, -0.05) is 50.6 Å². The number of benzene rings is 1. The molecule has 1 rings (SSSR count). The quantitative estimate of drug-likeness (QED) is 0.626. The maximum Gasteiger partial charge on any atom is 0.104 e. The van der Waals surface area contributed by atoms with Crippen LogP contribution < -0.4 is 12.4 Å². The number of hydrogen-bond acceptors (Lipinski definition) is 1. The Morgan fingerprint density at radius 3 is 1.38 bits per heavy atom. The van der Waals surface area contributed by atoms with Crippen LogP contribution in [-0.2, 0) is 6.54 Å². The molecule has 0 amide bonds. The lowest BCUT2D eigenvalue weighted by atomic mass is 10.1. The first-order chi connectivity index (χ1) is 10.5. The number of halogens is 2. The highest BCUT2D eigenvalue weighted by Crippen LogP contribution is 2.14. The molecule has 0 aliphatic carbocycles. The molecule has 0 atom stereocenters. The summed E-state index contributed by atoms with van der Waals surface area (Å²) in [5, 5.41) is 0. The van der Waals surface area contributed by atoms with Gasteiger partial charge in [0.2, 0.25) is 0 Å². The first-order valence-electron chi connectivity index (χ1n) is 9.13. The molecule has 0 bridgehead atoms. The monoisotopic (exact) mass is 378 g/mol. The summed E-state index contributed by atoms with van der Waals surface area (Å²) in [6.45, 7) is 24.0. The minimum Gasteiger partial charge on any atom is -1.00 e. The minimum atomic E-state index is 0. The van der Waals surface area contributed by atoms with Gasteiger partial charge in [0.15, 0.2) is 0 Å². The van der Waals surface area contributed by atoms with Crippen LogP contribution in [0.3, 0.4) is 0 Å². The molecular weight excluding hydrogens is 339 g/mol. The maximum atomic E-state index is 2.38. The maximum absolute atomic E-state index is 2.38. The molecule has 0 unspecified atom stereocenters. The second-order valence-corrected chi connectivity index (χ2v) is 6.05. The zero-order chi connectivity index (χ0) is 17.0. The first-order valence-corrected chi connectivity index (χ1v) is 9.13. The van der Waals surface area contributed by atoms with E-state index in [0.717, 1.165) is 0 Å². The van der Waals surface area contributed by atoms with Gasteiger partial charge in [-0.2, -0.15) is 0 Å². The molecule has 0 aliphatic heterocycles. The van der Waals surface area contributed by atoms with Crippen LogP contribution in [0.2, 0.25) is 0 Å². The number of aryl methyl sites for hydroxylation is 1. The topological polar surface area (TPSA) is 3.24 Å². The fraction of sp³-hybridized carbons (Fsp3) is 0.700. The molecule has 0 spiro atoms. The van der Waals surface area contributed by atoms with Gasteiger partial charge >= 0.3 is 0 Å². The molecule has 0 fully saturated rings. The Bertz CT molecular complexity index is 358. The van der Waals surface area contributed by atoms with Gasteiger partial charge in [0, 0.05) is 5.56 Å². The minimum absolute atomic E-state index is 0. The van der Waals surface area contributed by atoms with Crippen LogP contribution in [0, 0.1) is 6.92 Å². The second-order valence-electron chi connectivity index (χ2n) is 6.05. The van der Waals surface area contributed by atoms with Gasteiger partial charge in [0.1, 0.15) is 6.54 Å². The molecule has 0 radical (unpaired) electrons. The molecule has 0 aromatic heterocycles. The molecular formula is C20H40Cl2N2. The van der Waals surface area contributed by atoms with E-state index in [1.54, 1.807) is 0 Å². The van der Waals surface area contributed by atoms with Crippen LogP contribution in [-0.4, -0.2) is 48.7 Å². The lowest BCUT2D eigenvalue weighted by Gasteiger charge is -2.35. The highest BCUT2D eigenvalue weighted by atomic mass is 35.5. The Labute approximate surface area is 164 Å². The van der Waals surface area contributed by atoms with E-state index >= 15 is 0 Å². The van der Waals surface area contributed by atoms with Crippen LogP contribution in [0.15, 0.2) is 24.3 Å². The fourth-order valence-electron chi connectivity index (χ4n) is 2.76. The number of rotatable bonds is 8. The Morgan fingerprint density at radius 1 is 0.750 bits per heavy atom. The molecule has 0 saturated carbocycles. The fourth-order valence-corrected chi connectivity index (χ4v) is 2.76. The third-order valence-corrected chi connectivity index (χ3v) is 4.99. The molecule has 24 heavy (non-hydrogen) atoms. The Balaban J connectivity index is -0.000000424. The van der Waals surface area contributed by atoms with E-state index in [9.17, 15) is 0 Å². The van der Waals surface area contributed by atoms with Crippen molar-refractivity contribution in [3.8, 4) is 0 Å². The molecule has 1 aromatic carbocycles. The van der Waals surface area contributed by atoms with E-state index in [1.807, 2.05) is 0 Å². The van der Waals surface area contributed by atoms with Gasteiger partial charge in [-0.05, 0) is 47.3 Å². The molecule has 0 saturated heterocycles. The van der Waals surface area contributed by atoms with Crippen LogP contribution in [0.5, 0.6) is 0 Å². The predicted octanol–water partition coefficient (Wildman–Crippen LogP) is 2.15. The summed E-state index contributed by atoms with van der Waals surface area (Å²) < 4.78 is 1.20. The van der Waals surface area contributed by atoms with Gasteiger partial charge in [0.05, 0.1) is 19.6 Å². The Hall–Kier alpha value is -0.280. The highest BCUT2D eigenvalue weighted by molar-refractivity contribution is 5.85. The van der Waals surface area contributed by atoms with Crippen molar-refractivity contribution in [3.05, 3.63) is 35.4 Å². The van der Waals surface area contributed by atoms with E-state index in [1.165, 1.54) is 61.4 Å². The van der Waals surface area contributed by atoms with Crippen molar-refractivity contribution in [1.29, 1.82) is 0 Å². The summed E-state index contributed by atoms with van der Waals surface area (Å²) in [7, 11) is 0. The van der Waals surface area contributed by atoms with Crippen molar-refractivity contribution >= 4 is 12.4 Å². The van der Waals surface area contributed by atoms with E-state index in [0.29, 0.717) is 0 Å². The van der Waals surface area contributed by atoms with Gasteiger partial charge in [0.25, 0.3) is 0 Å². The number of nitrogens with zero attached hydrogens (tertiary/aromatic N) is 2. The van der Waals surface area contributed by atoms with Gasteiger partial charge in [-0.3, -0.25) is 0 Å². The van der Waals surface area contributed by atoms with Crippen LogP contribution in [0.25, 0.3) is 0 Å². The third-order valence-electron chi connectivity index (χ3n) is 4.99. The molecule has 4 heteroatoms. The van der Waals surface area contributed by atoms with Crippen molar-refractivity contribution in [2.75, 3.05) is 39.3 Å². The summed E-state index contributed by atoms with van der Waals surface area (Å²) in [4.78, 5) is 2.38. The van der Waals surface area contributed by atoms with Crippen LogP contribution >= 0.6 is 12.4 Å². The summed E-state index contributed by atoms with van der Waals surface area (Å²) in [5.74, 6) is 0. The molecule has 0 heterocycles. The second kappa shape index (κ2) is 16.2. The van der Waals surface area contributed by atoms with Crippen LogP contribution in [0.4, 0.5) is 0 Å². The SMILES string of the molecule is CCN(CC)CC.CC[N+](CC)(CC)Cc1ccc(C)cc1.Cl.[Cl-]. The molecule has 0 aliphatic rings. The average molecular weight is 379 g/mol. The molecule has 144 valence electrons. The van der Waals surface area contributed by atoms with E-state index < -0.39 is 0 Å². The van der Waals surface area contributed by atoms with Crippen molar-refractivity contribution in [2.45, 2.75) is 55.0 Å². The van der Waals surface area contributed by atoms with Crippen LogP contribution in [0.1, 0.15) is 52.7 Å². The third kappa shape index (κ3) is 10.6. The van der Waals surface area contributed by atoms with Gasteiger partial charge in [-0.15, -0.1) is 12.4 Å². The van der Waals surface area contributed by atoms with E-state index in [2.05, 4.69) is 77.6 Å². The lowest BCUT2D eigenvalue weighted by Crippen LogP contribution is -3.00. The largest absolute Gasteiger partial charge is 1.00 e. The number of hydrogen-bond donors (Lipinski definition) is 0. The summed E-state index contributed by atoms with van der Waals surface area (Å²) in [6, 6.07) is 8.96. The lowest BCUT2D eigenvalue weighted by molar-refractivity contribution is -0.936. The van der Waals surface area contributed by atoms with Crippen molar-refractivity contribution in [1.82, 2.24) is 4.90 Å². The summed E-state index contributed by atoms with van der Waals surface area (Å²) in [5.41, 5.74) is 2.81. The van der Waals surface area contributed by atoms with Crippen molar-refractivity contribution in [2.24, 2.45) is 0 Å². The van der Waals surface area contributed by atoms with Gasteiger partial charge in [-0.25, -0.2) is 0 Å². The molecule has 2 nitrogen and oxygen atoms in total. The number of quaternary nitrogens is 1. The standard InChI is InChI=1S/C14H24N.C6H15N.2ClH/c1-5-15(6-2,7-3)12-14-10-8-13(4)9-11-14;1-4-7(5-2)6-3;;/h8-11H,5-7,12H2,1-4H3;4-6H2,1-3H3;2*1H/q+1;;;/p-1. The molecule has 0 N–H and O–H groups in total. The van der Waals surface area contributed by atoms with Crippen molar-refractivity contribution < 1.29 is 16.9 Å². The Morgan fingerprint density at radius 2 is 1.12 bits per heavy atom. The zero-order valence-corrected chi connectivity index (χ0v) is 18.5. The van der Waals surface area contributed by atoms with Crippen molar-refractivity contribution in [3.63, 3.8) is 0 Å².